The number of H-pyrrole nitrogens is 1. The van der Waals surface area contributed by atoms with Crippen LogP contribution in [0.2, 0.25) is 0 Å². The zero-order valence-electron chi connectivity index (χ0n) is 22.0. The van der Waals surface area contributed by atoms with Crippen LogP contribution in [0.4, 0.5) is 0 Å². The number of fused-ring (bicyclic) bond motifs is 5. The number of methoxy groups -OCH3 is 1. The maximum absolute atomic E-state index is 13.9. The Morgan fingerprint density at radius 3 is 2.62 bits per heavy atom. The predicted octanol–water partition coefficient (Wildman–Crippen LogP) is 4.03. The molecule has 2 aliphatic rings. The zero-order valence-corrected chi connectivity index (χ0v) is 22.0. The summed E-state index contributed by atoms with van der Waals surface area (Å²) in [6.07, 6.45) is 0.903. The Morgan fingerprint density at radius 2 is 1.86 bits per heavy atom. The number of amides is 2. The lowest BCUT2D eigenvalue weighted by atomic mass is 9.76. The highest BCUT2D eigenvalue weighted by Crippen LogP contribution is 2.48. The maximum Gasteiger partial charge on any atom is 0.255 e. The minimum absolute atomic E-state index is 0.0497. The maximum atomic E-state index is 13.9. The van der Waals surface area contributed by atoms with E-state index in [0.717, 1.165) is 34.1 Å². The number of hydrogen-bond acceptors (Lipinski definition) is 5. The largest absolute Gasteiger partial charge is 0.490 e. The molecular weight excluding hydrogens is 470 g/mol. The molecule has 0 saturated carbocycles. The summed E-state index contributed by atoms with van der Waals surface area (Å²) in [5.74, 6) is 1.11. The number of aromatic amines is 1. The van der Waals surface area contributed by atoms with Crippen LogP contribution in [0.3, 0.4) is 0 Å². The van der Waals surface area contributed by atoms with Gasteiger partial charge in [-0.1, -0.05) is 31.2 Å². The first-order valence-electron chi connectivity index (χ1n) is 13.0. The molecule has 0 spiro atoms. The summed E-state index contributed by atoms with van der Waals surface area (Å²) in [6.45, 7) is 8.21. The average molecular weight is 506 g/mol. The number of nitrogens with zero attached hydrogens (tertiary/aromatic N) is 2. The summed E-state index contributed by atoms with van der Waals surface area (Å²) in [7, 11) is 1.60. The van der Waals surface area contributed by atoms with Gasteiger partial charge in [0.25, 0.3) is 5.91 Å². The molecule has 8 nitrogen and oxygen atoms in total. The van der Waals surface area contributed by atoms with E-state index in [1.807, 2.05) is 50.2 Å². The Balaban J connectivity index is 1.66. The van der Waals surface area contributed by atoms with E-state index >= 15 is 0 Å². The van der Waals surface area contributed by atoms with Gasteiger partial charge < -0.3 is 29.0 Å². The monoisotopic (exact) mass is 505 g/mol. The van der Waals surface area contributed by atoms with Crippen LogP contribution in [0.5, 0.6) is 11.5 Å². The Kier molecular flexibility index (Phi) is 6.86. The van der Waals surface area contributed by atoms with Crippen molar-refractivity contribution < 1.29 is 23.8 Å². The van der Waals surface area contributed by atoms with Gasteiger partial charge in [-0.2, -0.15) is 0 Å². The predicted molar refractivity (Wildman–Crippen MR) is 141 cm³/mol. The minimum Gasteiger partial charge on any atom is -0.490 e. The highest BCUT2D eigenvalue weighted by atomic mass is 16.5. The van der Waals surface area contributed by atoms with E-state index in [2.05, 4.69) is 18.0 Å². The van der Waals surface area contributed by atoms with Gasteiger partial charge in [0.15, 0.2) is 17.0 Å². The van der Waals surface area contributed by atoms with Crippen LogP contribution in [-0.2, 0) is 19.9 Å². The topological polar surface area (TPSA) is 84.1 Å². The molecule has 1 fully saturated rings. The highest BCUT2D eigenvalue weighted by molar-refractivity contribution is 6.01. The molecule has 8 heteroatoms. The number of para-hydroxylation sites is 1. The van der Waals surface area contributed by atoms with Crippen LogP contribution in [0.25, 0.3) is 10.9 Å². The molecule has 0 unspecified atom stereocenters. The summed E-state index contributed by atoms with van der Waals surface area (Å²) in [5, 5.41) is 1.06. The van der Waals surface area contributed by atoms with Crippen molar-refractivity contribution in [2.45, 2.75) is 38.6 Å². The molecule has 196 valence electrons. The summed E-state index contributed by atoms with van der Waals surface area (Å²) in [6, 6.07) is 14.1. The first-order chi connectivity index (χ1) is 17.9. The third-order valence-electron chi connectivity index (χ3n) is 7.51. The van der Waals surface area contributed by atoms with E-state index in [9.17, 15) is 9.59 Å². The van der Waals surface area contributed by atoms with Gasteiger partial charge in [-0.25, -0.2) is 0 Å². The molecule has 37 heavy (non-hydrogen) atoms. The summed E-state index contributed by atoms with van der Waals surface area (Å²) in [5.41, 5.74) is 2.66. The minimum atomic E-state index is -1.12. The highest BCUT2D eigenvalue weighted by Gasteiger charge is 2.56. The Labute approximate surface area is 217 Å². The van der Waals surface area contributed by atoms with Crippen LogP contribution < -0.4 is 9.47 Å². The molecule has 1 aromatic heterocycles. The van der Waals surface area contributed by atoms with Crippen molar-refractivity contribution in [3.8, 4) is 11.5 Å². The van der Waals surface area contributed by atoms with E-state index in [1.165, 1.54) is 0 Å². The number of aromatic nitrogens is 1. The second-order valence-electron chi connectivity index (χ2n) is 9.80. The van der Waals surface area contributed by atoms with Gasteiger partial charge in [0, 0.05) is 37.0 Å². The quantitative estimate of drug-likeness (QED) is 0.475. The molecule has 0 radical (unpaired) electrons. The number of carbonyl (C=O) groups excluding carboxylic acids is 2. The van der Waals surface area contributed by atoms with E-state index in [-0.39, 0.29) is 24.3 Å². The van der Waals surface area contributed by atoms with Crippen molar-refractivity contribution >= 4 is 22.7 Å². The Morgan fingerprint density at radius 1 is 1.05 bits per heavy atom. The molecular formula is C29H35N3O5. The van der Waals surface area contributed by atoms with Crippen molar-refractivity contribution in [2.75, 3.05) is 46.6 Å². The third-order valence-corrected chi connectivity index (χ3v) is 7.51. The molecule has 1 saturated heterocycles. The molecule has 5 rings (SSSR count). The fourth-order valence-electron chi connectivity index (χ4n) is 5.70. The molecule has 3 aromatic rings. The third kappa shape index (κ3) is 4.13. The van der Waals surface area contributed by atoms with E-state index in [1.54, 1.807) is 16.9 Å². The van der Waals surface area contributed by atoms with E-state index in [4.69, 9.17) is 14.2 Å². The van der Waals surface area contributed by atoms with Crippen molar-refractivity contribution in [3.63, 3.8) is 0 Å². The van der Waals surface area contributed by atoms with Gasteiger partial charge >= 0.3 is 0 Å². The zero-order chi connectivity index (χ0) is 26.2. The molecule has 2 aliphatic heterocycles. The molecule has 0 bridgehead atoms. The van der Waals surface area contributed by atoms with Crippen molar-refractivity contribution in [1.82, 2.24) is 14.8 Å². The van der Waals surface area contributed by atoms with Crippen molar-refractivity contribution in [3.05, 3.63) is 59.3 Å². The van der Waals surface area contributed by atoms with Gasteiger partial charge in [0.1, 0.15) is 0 Å². The first-order valence-corrected chi connectivity index (χ1v) is 13.0. The number of rotatable bonds is 9. The standard InChI is InChI=1S/C29H35N3O5/c1-5-14-37-23-12-11-19(16-24(23)36-6-2)21-17-32-25(33)18-31(13-15-35-4)28(34)29(32,3)27-26(21)20-9-7-8-10-22(20)30-27/h7-12,16,21,30H,5-6,13-15,17-18H2,1-4H3/t21-,29-/m0/s1. The van der Waals surface area contributed by atoms with E-state index < -0.39 is 5.54 Å². The van der Waals surface area contributed by atoms with Gasteiger partial charge in [-0.05, 0) is 49.6 Å². The van der Waals surface area contributed by atoms with Gasteiger partial charge in [-0.3, -0.25) is 9.59 Å². The summed E-state index contributed by atoms with van der Waals surface area (Å²) >= 11 is 0. The van der Waals surface area contributed by atoms with Crippen LogP contribution >= 0.6 is 0 Å². The molecule has 2 atom stereocenters. The van der Waals surface area contributed by atoms with Gasteiger partial charge in [0.2, 0.25) is 5.91 Å². The lowest BCUT2D eigenvalue weighted by molar-refractivity contribution is -0.166. The van der Waals surface area contributed by atoms with Crippen LogP contribution in [0.15, 0.2) is 42.5 Å². The number of benzene rings is 2. The normalized spacial score (nSPS) is 21.2. The molecule has 2 amide bonds. The second-order valence-corrected chi connectivity index (χ2v) is 9.80. The van der Waals surface area contributed by atoms with Gasteiger partial charge in [-0.15, -0.1) is 0 Å². The second kappa shape index (κ2) is 10.1. The number of ether oxygens (including phenoxy) is 3. The van der Waals surface area contributed by atoms with Crippen LogP contribution in [0, 0.1) is 0 Å². The lowest BCUT2D eigenvalue weighted by Crippen LogP contribution is -2.67. The van der Waals surface area contributed by atoms with Crippen LogP contribution in [0.1, 0.15) is 49.9 Å². The Bertz CT molecular complexity index is 1320. The molecule has 0 aliphatic carbocycles. The summed E-state index contributed by atoms with van der Waals surface area (Å²) in [4.78, 5) is 34.4. The fraction of sp³-hybridized carbons (Fsp3) is 0.448. The first kappa shape index (κ1) is 25.1. The summed E-state index contributed by atoms with van der Waals surface area (Å²) < 4.78 is 17.1. The molecule has 3 heterocycles. The van der Waals surface area contributed by atoms with E-state index in [0.29, 0.717) is 44.4 Å². The number of nitrogens with one attached hydrogen (secondary N) is 1. The average Bonchev–Trinajstić information content (AvgIpc) is 3.30. The number of carbonyl (C=O) groups is 2. The fourth-order valence-corrected chi connectivity index (χ4v) is 5.70. The molecule has 1 N–H and O–H groups in total. The smallest absolute Gasteiger partial charge is 0.255 e. The van der Waals surface area contributed by atoms with Crippen LogP contribution in [-0.4, -0.2) is 73.2 Å². The SMILES string of the molecule is CCCOc1ccc([C@@H]2CN3C(=O)CN(CCOC)C(=O)[C@]3(C)c3[nH]c4ccccc4c32)cc1OCC. The van der Waals surface area contributed by atoms with Crippen molar-refractivity contribution in [2.24, 2.45) is 0 Å². The number of piperazine rings is 1. The lowest BCUT2D eigenvalue weighted by Gasteiger charge is -2.51. The Hall–Kier alpha value is -3.52. The number of hydrogen-bond donors (Lipinski definition) is 1. The van der Waals surface area contributed by atoms with Gasteiger partial charge in [0.05, 0.1) is 32.1 Å². The van der Waals surface area contributed by atoms with Crippen molar-refractivity contribution in [1.29, 1.82) is 0 Å². The molecule has 2 aromatic carbocycles.